The Hall–Kier alpha value is -2.27. The lowest BCUT2D eigenvalue weighted by molar-refractivity contribution is 0.534. The highest BCUT2D eigenvalue weighted by molar-refractivity contribution is 6.33. The lowest BCUT2D eigenvalue weighted by atomic mass is 10.0. The second-order valence-electron chi connectivity index (χ2n) is 4.78. The number of nitrogens with zero attached hydrogens (tertiary/aromatic N) is 2. The first-order valence-corrected chi connectivity index (χ1v) is 6.69. The average molecular weight is 306 g/mol. The van der Waals surface area contributed by atoms with Crippen molar-refractivity contribution < 1.29 is 8.81 Å². The molecule has 0 spiro atoms. The molecule has 0 saturated carbocycles. The normalized spacial score (nSPS) is 11.0. The van der Waals surface area contributed by atoms with Crippen molar-refractivity contribution in [3.8, 4) is 22.4 Å². The van der Waals surface area contributed by atoms with Gasteiger partial charge in [0.25, 0.3) is 0 Å². The van der Waals surface area contributed by atoms with Gasteiger partial charge in [-0.25, -0.2) is 4.39 Å². The van der Waals surface area contributed by atoms with Gasteiger partial charge < -0.3 is 10.2 Å². The van der Waals surface area contributed by atoms with E-state index in [0.29, 0.717) is 17.1 Å². The van der Waals surface area contributed by atoms with Gasteiger partial charge in [0.1, 0.15) is 29.4 Å². The molecule has 21 heavy (non-hydrogen) atoms. The molecule has 0 atom stereocenters. The number of halogens is 2. The molecular formula is C15H13ClFN3O. The summed E-state index contributed by atoms with van der Waals surface area (Å²) in [4.78, 5) is 0. The summed E-state index contributed by atoms with van der Waals surface area (Å²) in [5.41, 5.74) is 8.06. The molecule has 108 valence electrons. The molecular weight excluding hydrogens is 293 g/mol. The van der Waals surface area contributed by atoms with Gasteiger partial charge in [0.05, 0.1) is 10.6 Å². The number of furan rings is 1. The number of nitrogens with two attached hydrogens (primary N) is 1. The Morgan fingerprint density at radius 3 is 2.71 bits per heavy atom. The van der Waals surface area contributed by atoms with Crippen LogP contribution in [0, 0.1) is 12.7 Å². The van der Waals surface area contributed by atoms with Crippen molar-refractivity contribution in [1.82, 2.24) is 9.78 Å². The minimum Gasteiger partial charge on any atom is -0.469 e. The van der Waals surface area contributed by atoms with Crippen LogP contribution >= 0.6 is 11.6 Å². The minimum atomic E-state index is -0.441. The maximum atomic E-state index is 14.2. The summed E-state index contributed by atoms with van der Waals surface area (Å²) >= 11 is 6.15. The van der Waals surface area contributed by atoms with E-state index in [-0.39, 0.29) is 10.6 Å². The molecule has 4 nitrogen and oxygen atoms in total. The number of rotatable bonds is 2. The van der Waals surface area contributed by atoms with E-state index in [4.69, 9.17) is 21.8 Å². The Labute approximate surface area is 125 Å². The van der Waals surface area contributed by atoms with Crippen LogP contribution in [0.5, 0.6) is 0 Å². The van der Waals surface area contributed by atoms with Crippen LogP contribution in [0.25, 0.3) is 22.4 Å². The van der Waals surface area contributed by atoms with Crippen LogP contribution in [0.1, 0.15) is 5.76 Å². The van der Waals surface area contributed by atoms with Crippen molar-refractivity contribution in [2.24, 2.45) is 7.05 Å². The summed E-state index contributed by atoms with van der Waals surface area (Å²) in [6, 6.07) is 6.34. The molecule has 2 heterocycles. The first kappa shape index (κ1) is 13.7. The Balaban J connectivity index is 2.32. The Morgan fingerprint density at radius 1 is 1.33 bits per heavy atom. The van der Waals surface area contributed by atoms with Gasteiger partial charge in [-0.2, -0.15) is 5.10 Å². The fourth-order valence-electron chi connectivity index (χ4n) is 2.29. The number of benzene rings is 1. The fourth-order valence-corrected chi connectivity index (χ4v) is 2.55. The van der Waals surface area contributed by atoms with E-state index in [1.807, 2.05) is 13.0 Å². The summed E-state index contributed by atoms with van der Waals surface area (Å²) in [7, 11) is 1.70. The van der Waals surface area contributed by atoms with Gasteiger partial charge in [-0.1, -0.05) is 17.7 Å². The minimum absolute atomic E-state index is 0.249. The number of hydrogen-bond donors (Lipinski definition) is 1. The predicted octanol–water partition coefficient (Wildman–Crippen LogP) is 4.03. The number of nitrogen functional groups attached to an aromatic ring is 1. The monoisotopic (exact) mass is 305 g/mol. The van der Waals surface area contributed by atoms with Crippen LogP contribution in [0.3, 0.4) is 0 Å². The maximum Gasteiger partial charge on any atom is 0.132 e. The highest BCUT2D eigenvalue weighted by Gasteiger charge is 2.23. The molecule has 1 aromatic carbocycles. The lowest BCUT2D eigenvalue weighted by Crippen LogP contribution is -1.98. The molecule has 0 fully saturated rings. The number of aromatic nitrogens is 2. The van der Waals surface area contributed by atoms with Crippen molar-refractivity contribution in [2.45, 2.75) is 6.92 Å². The molecule has 3 rings (SSSR count). The Kier molecular flexibility index (Phi) is 3.22. The molecule has 3 aromatic rings. The molecule has 0 bridgehead atoms. The zero-order valence-electron chi connectivity index (χ0n) is 11.5. The lowest BCUT2D eigenvalue weighted by Gasteiger charge is -2.07. The Morgan fingerprint density at radius 2 is 2.10 bits per heavy atom. The second kappa shape index (κ2) is 4.93. The molecule has 0 saturated heterocycles. The number of hydrogen-bond acceptors (Lipinski definition) is 3. The van der Waals surface area contributed by atoms with E-state index in [2.05, 4.69) is 5.10 Å². The van der Waals surface area contributed by atoms with Gasteiger partial charge in [-0.15, -0.1) is 0 Å². The first-order chi connectivity index (χ1) is 9.99. The predicted molar refractivity (Wildman–Crippen MR) is 80.5 cm³/mol. The van der Waals surface area contributed by atoms with Crippen LogP contribution in [-0.4, -0.2) is 9.78 Å². The topological polar surface area (TPSA) is 57.0 Å². The van der Waals surface area contributed by atoms with E-state index in [9.17, 15) is 4.39 Å². The first-order valence-electron chi connectivity index (χ1n) is 6.31. The largest absolute Gasteiger partial charge is 0.469 e. The average Bonchev–Trinajstić information content (AvgIpc) is 2.97. The molecule has 0 amide bonds. The van der Waals surface area contributed by atoms with Crippen LogP contribution < -0.4 is 5.73 Å². The molecule has 0 aliphatic rings. The van der Waals surface area contributed by atoms with E-state index >= 15 is 0 Å². The summed E-state index contributed by atoms with van der Waals surface area (Å²) in [6.07, 6.45) is 1.56. The van der Waals surface area contributed by atoms with Crippen molar-refractivity contribution in [1.29, 1.82) is 0 Å². The van der Waals surface area contributed by atoms with Crippen molar-refractivity contribution in [3.63, 3.8) is 0 Å². The highest BCUT2D eigenvalue weighted by atomic mass is 35.5. The molecule has 0 aliphatic carbocycles. The smallest absolute Gasteiger partial charge is 0.132 e. The van der Waals surface area contributed by atoms with Crippen LogP contribution in [0.4, 0.5) is 10.2 Å². The van der Waals surface area contributed by atoms with Crippen LogP contribution in [0.15, 0.2) is 34.9 Å². The molecule has 2 N–H and O–H groups in total. The zero-order valence-corrected chi connectivity index (χ0v) is 12.3. The summed E-state index contributed by atoms with van der Waals surface area (Å²) < 4.78 is 21.0. The fraction of sp³-hybridized carbons (Fsp3) is 0.133. The summed E-state index contributed by atoms with van der Waals surface area (Å²) in [6.45, 7) is 1.82. The summed E-state index contributed by atoms with van der Waals surface area (Å²) in [5, 5.41) is 4.65. The van der Waals surface area contributed by atoms with Crippen LogP contribution in [0.2, 0.25) is 5.02 Å². The Bertz CT molecular complexity index is 802. The molecule has 0 unspecified atom stereocenters. The van der Waals surface area contributed by atoms with E-state index in [1.54, 1.807) is 25.4 Å². The molecule has 6 heteroatoms. The SMILES string of the molecule is Cc1cc(-c2nn(C)c(N)c2-c2c(F)cccc2Cl)co1. The second-order valence-corrected chi connectivity index (χ2v) is 5.18. The summed E-state index contributed by atoms with van der Waals surface area (Å²) in [5.74, 6) is 0.638. The van der Waals surface area contributed by atoms with Gasteiger partial charge in [0, 0.05) is 18.2 Å². The van der Waals surface area contributed by atoms with Crippen molar-refractivity contribution in [2.75, 3.05) is 5.73 Å². The van der Waals surface area contributed by atoms with Gasteiger partial charge in [-0.05, 0) is 25.1 Å². The van der Waals surface area contributed by atoms with Gasteiger partial charge in [0.2, 0.25) is 0 Å². The highest BCUT2D eigenvalue weighted by Crippen LogP contribution is 2.41. The third-order valence-electron chi connectivity index (χ3n) is 3.31. The number of anilines is 1. The standard InChI is InChI=1S/C15H13ClFN3O/c1-8-6-9(7-21-8)14-13(15(18)20(2)19-14)12-10(16)4-3-5-11(12)17/h3-7H,18H2,1-2H3. The molecule has 0 radical (unpaired) electrons. The maximum absolute atomic E-state index is 14.2. The van der Waals surface area contributed by atoms with Crippen molar-refractivity contribution >= 4 is 17.4 Å². The van der Waals surface area contributed by atoms with Gasteiger partial charge in [-0.3, -0.25) is 4.68 Å². The van der Waals surface area contributed by atoms with Crippen LogP contribution in [-0.2, 0) is 7.05 Å². The third kappa shape index (κ3) is 2.19. The van der Waals surface area contributed by atoms with E-state index in [1.165, 1.54) is 10.7 Å². The van der Waals surface area contributed by atoms with E-state index in [0.717, 1.165) is 11.3 Å². The third-order valence-corrected chi connectivity index (χ3v) is 3.62. The van der Waals surface area contributed by atoms with Crippen molar-refractivity contribution in [3.05, 3.63) is 47.1 Å². The molecule has 2 aromatic heterocycles. The molecule has 0 aliphatic heterocycles. The van der Waals surface area contributed by atoms with E-state index < -0.39 is 5.82 Å². The van der Waals surface area contributed by atoms with Gasteiger partial charge in [0.15, 0.2) is 0 Å². The van der Waals surface area contributed by atoms with Gasteiger partial charge >= 0.3 is 0 Å². The quantitative estimate of drug-likeness (QED) is 0.777. The number of aryl methyl sites for hydroxylation is 2. The zero-order chi connectivity index (χ0) is 15.1.